The summed E-state index contributed by atoms with van der Waals surface area (Å²) in [4.78, 5) is 15.9. The maximum Gasteiger partial charge on any atom is 0.0704 e. The van der Waals surface area contributed by atoms with E-state index in [-0.39, 0.29) is 0 Å². The number of nitrogens with zero attached hydrogens (tertiary/aromatic N) is 4. The van der Waals surface area contributed by atoms with E-state index in [9.17, 15) is 0 Å². The highest BCUT2D eigenvalue weighted by Crippen LogP contribution is 2.53. The summed E-state index contributed by atoms with van der Waals surface area (Å²) >= 11 is 0. The molecular weight excluding hydrogens is 488 g/mol. The SMILES string of the molecule is Cc1cc(-c2ccc(N(c3ccc(C4CC5CCC4C5)cc3)c3ccc(-c4ccnc(C)c4)nc3)cc2)ccn1. The van der Waals surface area contributed by atoms with Gasteiger partial charge in [0.05, 0.1) is 17.6 Å². The third-order valence-electron chi connectivity index (χ3n) is 8.87. The second kappa shape index (κ2) is 10.3. The summed E-state index contributed by atoms with van der Waals surface area (Å²) in [5.41, 5.74) is 11.2. The number of anilines is 3. The second-order valence-electron chi connectivity index (χ2n) is 11.5. The number of pyridine rings is 3. The molecule has 2 saturated carbocycles. The predicted molar refractivity (Wildman–Crippen MR) is 163 cm³/mol. The molecule has 5 aromatic rings. The molecule has 2 aliphatic rings. The first-order valence-corrected chi connectivity index (χ1v) is 14.4. The minimum Gasteiger partial charge on any atom is -0.309 e. The molecule has 2 fully saturated rings. The molecule has 0 aliphatic heterocycles. The van der Waals surface area contributed by atoms with Gasteiger partial charge in [-0.3, -0.25) is 15.0 Å². The van der Waals surface area contributed by atoms with Crippen molar-refractivity contribution in [2.24, 2.45) is 11.8 Å². The molecule has 3 aromatic heterocycles. The number of rotatable bonds is 6. The average Bonchev–Trinajstić information content (AvgIpc) is 3.63. The van der Waals surface area contributed by atoms with E-state index in [1.807, 2.05) is 38.5 Å². The van der Waals surface area contributed by atoms with E-state index in [1.165, 1.54) is 42.4 Å². The van der Waals surface area contributed by atoms with Crippen LogP contribution in [0.5, 0.6) is 0 Å². The van der Waals surface area contributed by atoms with E-state index in [4.69, 9.17) is 4.98 Å². The molecule has 0 N–H and O–H groups in total. The topological polar surface area (TPSA) is 41.9 Å². The highest BCUT2D eigenvalue weighted by atomic mass is 15.1. The van der Waals surface area contributed by atoms with Gasteiger partial charge >= 0.3 is 0 Å². The van der Waals surface area contributed by atoms with Crippen LogP contribution in [0.15, 0.2) is 104 Å². The third-order valence-corrected chi connectivity index (χ3v) is 8.87. The Morgan fingerprint density at radius 3 is 1.85 bits per heavy atom. The van der Waals surface area contributed by atoms with Gasteiger partial charge in [0.25, 0.3) is 0 Å². The van der Waals surface area contributed by atoms with Crippen LogP contribution in [-0.2, 0) is 0 Å². The molecule has 3 unspecified atom stereocenters. The first-order chi connectivity index (χ1) is 19.6. The van der Waals surface area contributed by atoms with Gasteiger partial charge in [-0.05, 0) is 128 Å². The van der Waals surface area contributed by atoms with Crippen molar-refractivity contribution in [3.63, 3.8) is 0 Å². The Labute approximate surface area is 236 Å². The summed E-state index contributed by atoms with van der Waals surface area (Å²) in [6.07, 6.45) is 11.3. The van der Waals surface area contributed by atoms with Gasteiger partial charge < -0.3 is 4.90 Å². The molecule has 4 nitrogen and oxygen atoms in total. The zero-order valence-electron chi connectivity index (χ0n) is 23.2. The van der Waals surface area contributed by atoms with E-state index >= 15 is 0 Å². The van der Waals surface area contributed by atoms with Gasteiger partial charge in [-0.25, -0.2) is 0 Å². The Balaban J connectivity index is 1.24. The highest BCUT2D eigenvalue weighted by Gasteiger charge is 2.40. The minimum atomic E-state index is 0.731. The smallest absolute Gasteiger partial charge is 0.0704 e. The predicted octanol–water partition coefficient (Wildman–Crippen LogP) is 9.20. The van der Waals surface area contributed by atoms with Crippen molar-refractivity contribution in [1.29, 1.82) is 0 Å². The van der Waals surface area contributed by atoms with Crippen molar-refractivity contribution in [1.82, 2.24) is 15.0 Å². The second-order valence-corrected chi connectivity index (χ2v) is 11.5. The van der Waals surface area contributed by atoms with E-state index in [1.54, 1.807) is 0 Å². The average molecular weight is 523 g/mol. The Bertz CT molecular complexity index is 1530. The largest absolute Gasteiger partial charge is 0.309 e. The van der Waals surface area contributed by atoms with Crippen LogP contribution in [0.3, 0.4) is 0 Å². The summed E-state index contributed by atoms with van der Waals surface area (Å²) in [7, 11) is 0. The summed E-state index contributed by atoms with van der Waals surface area (Å²) in [5.74, 6) is 2.56. The maximum absolute atomic E-state index is 4.87. The first-order valence-electron chi connectivity index (χ1n) is 14.4. The van der Waals surface area contributed by atoms with Gasteiger partial charge in [0, 0.05) is 40.7 Å². The van der Waals surface area contributed by atoms with Crippen LogP contribution < -0.4 is 4.90 Å². The van der Waals surface area contributed by atoms with E-state index in [2.05, 4.69) is 93.7 Å². The van der Waals surface area contributed by atoms with Gasteiger partial charge in [-0.2, -0.15) is 0 Å². The molecule has 2 aliphatic carbocycles. The molecule has 40 heavy (non-hydrogen) atoms. The van der Waals surface area contributed by atoms with Gasteiger partial charge in [0.2, 0.25) is 0 Å². The number of hydrogen-bond donors (Lipinski definition) is 0. The Morgan fingerprint density at radius 1 is 0.600 bits per heavy atom. The Morgan fingerprint density at radius 2 is 1.25 bits per heavy atom. The molecular formula is C36H34N4. The number of fused-ring (bicyclic) bond motifs is 2. The van der Waals surface area contributed by atoms with Crippen molar-refractivity contribution < 1.29 is 0 Å². The van der Waals surface area contributed by atoms with E-state index in [0.29, 0.717) is 0 Å². The molecule has 3 heterocycles. The molecule has 2 bridgehead atoms. The zero-order valence-corrected chi connectivity index (χ0v) is 23.2. The van der Waals surface area contributed by atoms with E-state index in [0.717, 1.165) is 57.5 Å². The van der Waals surface area contributed by atoms with Crippen molar-refractivity contribution in [2.45, 2.75) is 45.4 Å². The zero-order chi connectivity index (χ0) is 27.1. The summed E-state index contributed by atoms with van der Waals surface area (Å²) < 4.78 is 0. The fraction of sp³-hybridized carbons (Fsp3) is 0.250. The lowest BCUT2D eigenvalue weighted by Gasteiger charge is -2.27. The minimum absolute atomic E-state index is 0.731. The molecule has 198 valence electrons. The summed E-state index contributed by atoms with van der Waals surface area (Å²) in [6.45, 7) is 4.04. The molecule has 0 saturated heterocycles. The van der Waals surface area contributed by atoms with Crippen molar-refractivity contribution in [3.8, 4) is 22.4 Å². The molecule has 0 amide bonds. The Hall–Kier alpha value is -4.31. The van der Waals surface area contributed by atoms with Crippen molar-refractivity contribution in [3.05, 3.63) is 120 Å². The molecule has 0 spiro atoms. The van der Waals surface area contributed by atoms with Crippen molar-refractivity contribution >= 4 is 17.1 Å². The first kappa shape index (κ1) is 24.7. The molecule has 4 heteroatoms. The standard InChI is InChI=1S/C36H34N4/c1-24-19-29(15-17-37-24)27-5-9-32(10-6-27)40(34-13-14-36(39-23-34)31-16-18-38-25(2)20-31)33-11-7-28(8-12-33)35-22-26-3-4-30(35)21-26/h5-20,23,26,30,35H,3-4,21-22H2,1-2H3. The molecule has 2 aromatic carbocycles. The lowest BCUT2D eigenvalue weighted by molar-refractivity contribution is 0.420. The van der Waals surface area contributed by atoms with Gasteiger partial charge in [0.15, 0.2) is 0 Å². The summed E-state index contributed by atoms with van der Waals surface area (Å²) in [5, 5.41) is 0. The normalized spacial score (nSPS) is 19.6. The van der Waals surface area contributed by atoms with Crippen LogP contribution in [-0.4, -0.2) is 15.0 Å². The third kappa shape index (κ3) is 4.79. The van der Waals surface area contributed by atoms with Crippen LogP contribution in [0, 0.1) is 25.7 Å². The quantitative estimate of drug-likeness (QED) is 0.223. The van der Waals surface area contributed by atoms with Gasteiger partial charge in [0.1, 0.15) is 0 Å². The van der Waals surface area contributed by atoms with Crippen LogP contribution in [0.4, 0.5) is 17.1 Å². The fourth-order valence-corrected chi connectivity index (χ4v) is 6.89. The lowest BCUT2D eigenvalue weighted by Crippen LogP contribution is -2.12. The highest BCUT2D eigenvalue weighted by molar-refractivity contribution is 5.78. The van der Waals surface area contributed by atoms with Crippen LogP contribution in [0.2, 0.25) is 0 Å². The van der Waals surface area contributed by atoms with E-state index < -0.39 is 0 Å². The molecule has 3 atom stereocenters. The number of benzene rings is 2. The Kier molecular flexibility index (Phi) is 6.39. The van der Waals surface area contributed by atoms with Gasteiger partial charge in [-0.15, -0.1) is 0 Å². The monoisotopic (exact) mass is 522 g/mol. The molecule has 7 rings (SSSR count). The lowest BCUT2D eigenvalue weighted by atomic mass is 9.83. The summed E-state index contributed by atoms with van der Waals surface area (Å²) in [6, 6.07) is 30.7. The maximum atomic E-state index is 4.87. The van der Waals surface area contributed by atoms with Crippen molar-refractivity contribution in [2.75, 3.05) is 4.90 Å². The number of aryl methyl sites for hydroxylation is 2. The van der Waals surface area contributed by atoms with Crippen LogP contribution in [0.25, 0.3) is 22.4 Å². The fourth-order valence-electron chi connectivity index (χ4n) is 6.89. The number of aromatic nitrogens is 3. The van der Waals surface area contributed by atoms with Crippen LogP contribution >= 0.6 is 0 Å². The van der Waals surface area contributed by atoms with Crippen LogP contribution in [0.1, 0.15) is 48.6 Å². The van der Waals surface area contributed by atoms with Gasteiger partial charge in [-0.1, -0.05) is 30.7 Å². The number of hydrogen-bond acceptors (Lipinski definition) is 4. The molecule has 0 radical (unpaired) electrons.